The summed E-state index contributed by atoms with van der Waals surface area (Å²) in [7, 11) is 0. The normalized spacial score (nSPS) is 27.0. The summed E-state index contributed by atoms with van der Waals surface area (Å²) >= 11 is 0. The van der Waals surface area contributed by atoms with Crippen LogP contribution in [-0.2, 0) is 10.3 Å². The molecular formula is C11H11NO. The topological polar surface area (TPSA) is 13.6 Å². The van der Waals surface area contributed by atoms with Crippen molar-refractivity contribution in [3.8, 4) is 0 Å². The van der Waals surface area contributed by atoms with Crippen molar-refractivity contribution in [2.45, 2.75) is 12.0 Å². The molecule has 1 atom stereocenters. The molecule has 1 fully saturated rings. The van der Waals surface area contributed by atoms with Crippen molar-refractivity contribution in [3.63, 3.8) is 0 Å². The molecule has 0 spiro atoms. The average molecular weight is 173 g/mol. The largest absolute Gasteiger partial charge is 0.372 e. The molecule has 0 N–H and O–H groups in total. The first-order chi connectivity index (χ1) is 6.37. The highest BCUT2D eigenvalue weighted by Crippen LogP contribution is 2.34. The van der Waals surface area contributed by atoms with Crippen LogP contribution < -0.4 is 0 Å². The molecule has 1 saturated heterocycles. The lowest BCUT2D eigenvalue weighted by Crippen LogP contribution is -2.21. The molecule has 0 bridgehead atoms. The number of hydrogen-bond acceptors (Lipinski definition) is 1. The van der Waals surface area contributed by atoms with Gasteiger partial charge in [-0.25, -0.2) is 6.57 Å². The standard InChI is InChI=1S/C11H11NO/c1-12-11(7-8-13-9-11)10-5-3-2-4-6-10/h2-6H,7-9H2. The Hall–Kier alpha value is -1.33. The minimum atomic E-state index is -0.402. The predicted octanol–water partition coefficient (Wildman–Crippen LogP) is 2.22. The molecular weight excluding hydrogens is 162 g/mol. The average Bonchev–Trinajstić information content (AvgIpc) is 2.69. The van der Waals surface area contributed by atoms with Crippen LogP contribution in [0.25, 0.3) is 4.85 Å². The second-order valence-corrected chi connectivity index (χ2v) is 3.31. The van der Waals surface area contributed by atoms with Gasteiger partial charge in [0.2, 0.25) is 0 Å². The van der Waals surface area contributed by atoms with Crippen molar-refractivity contribution >= 4 is 0 Å². The van der Waals surface area contributed by atoms with Gasteiger partial charge in [-0.1, -0.05) is 30.3 Å². The SMILES string of the molecule is [C-]#[N+]C1(c2ccccc2)CCOC1. The molecule has 0 radical (unpaired) electrons. The zero-order valence-corrected chi connectivity index (χ0v) is 7.36. The summed E-state index contributed by atoms with van der Waals surface area (Å²) in [6.45, 7) is 8.48. The van der Waals surface area contributed by atoms with Gasteiger partial charge in [-0.3, -0.25) is 0 Å². The monoisotopic (exact) mass is 173 g/mol. The lowest BCUT2D eigenvalue weighted by atomic mass is 9.90. The van der Waals surface area contributed by atoms with Crippen LogP contribution in [0.2, 0.25) is 0 Å². The Kier molecular flexibility index (Phi) is 2.03. The number of hydrogen-bond donors (Lipinski definition) is 0. The number of rotatable bonds is 1. The third-order valence-corrected chi connectivity index (χ3v) is 2.53. The van der Waals surface area contributed by atoms with Gasteiger partial charge in [0.25, 0.3) is 5.54 Å². The fraction of sp³-hybridized carbons (Fsp3) is 0.364. The second kappa shape index (κ2) is 3.20. The van der Waals surface area contributed by atoms with Gasteiger partial charge in [0, 0.05) is 5.56 Å². The molecule has 0 saturated carbocycles. The van der Waals surface area contributed by atoms with Gasteiger partial charge in [-0.2, -0.15) is 0 Å². The highest BCUT2D eigenvalue weighted by molar-refractivity contribution is 5.29. The molecule has 2 rings (SSSR count). The van der Waals surface area contributed by atoms with E-state index in [1.807, 2.05) is 30.3 Å². The van der Waals surface area contributed by atoms with Crippen LogP contribution in [0.5, 0.6) is 0 Å². The first-order valence-electron chi connectivity index (χ1n) is 4.39. The van der Waals surface area contributed by atoms with Crippen LogP contribution in [0.4, 0.5) is 0 Å². The lowest BCUT2D eigenvalue weighted by Gasteiger charge is -2.13. The maximum Gasteiger partial charge on any atom is 0.282 e. The molecule has 0 aliphatic carbocycles. The maximum atomic E-state index is 7.23. The zero-order valence-electron chi connectivity index (χ0n) is 7.36. The van der Waals surface area contributed by atoms with Crippen molar-refractivity contribution in [1.29, 1.82) is 0 Å². The minimum Gasteiger partial charge on any atom is -0.372 e. The molecule has 0 amide bonds. The summed E-state index contributed by atoms with van der Waals surface area (Å²) in [6, 6.07) is 9.93. The second-order valence-electron chi connectivity index (χ2n) is 3.31. The van der Waals surface area contributed by atoms with Gasteiger partial charge in [0.05, 0.1) is 13.0 Å². The Labute approximate surface area is 78.0 Å². The third-order valence-electron chi connectivity index (χ3n) is 2.53. The lowest BCUT2D eigenvalue weighted by molar-refractivity contribution is 0.185. The van der Waals surface area contributed by atoms with Crippen molar-refractivity contribution in [3.05, 3.63) is 47.3 Å². The molecule has 2 heteroatoms. The van der Waals surface area contributed by atoms with E-state index in [-0.39, 0.29) is 0 Å². The van der Waals surface area contributed by atoms with Gasteiger partial charge in [-0.05, 0) is 0 Å². The highest BCUT2D eigenvalue weighted by Gasteiger charge is 2.43. The van der Waals surface area contributed by atoms with E-state index in [0.29, 0.717) is 13.2 Å². The molecule has 1 aliphatic rings. The fourth-order valence-electron chi connectivity index (χ4n) is 1.68. The van der Waals surface area contributed by atoms with Gasteiger partial charge in [0.1, 0.15) is 6.61 Å². The van der Waals surface area contributed by atoms with E-state index in [1.54, 1.807) is 0 Å². The van der Waals surface area contributed by atoms with Crippen molar-refractivity contribution < 1.29 is 4.74 Å². The first kappa shape index (κ1) is 8.28. The molecule has 1 aliphatic heterocycles. The van der Waals surface area contributed by atoms with Crippen LogP contribution in [0, 0.1) is 6.57 Å². The van der Waals surface area contributed by atoms with E-state index in [2.05, 4.69) is 4.85 Å². The molecule has 13 heavy (non-hydrogen) atoms. The molecule has 0 aromatic heterocycles. The molecule has 2 nitrogen and oxygen atoms in total. The summed E-state index contributed by atoms with van der Waals surface area (Å²) in [4.78, 5) is 3.71. The zero-order chi connectivity index (χ0) is 9.15. The summed E-state index contributed by atoms with van der Waals surface area (Å²) < 4.78 is 5.29. The number of ether oxygens (including phenoxy) is 1. The summed E-state index contributed by atoms with van der Waals surface area (Å²) in [5.41, 5.74) is 0.684. The maximum absolute atomic E-state index is 7.23. The highest BCUT2D eigenvalue weighted by atomic mass is 16.5. The van der Waals surface area contributed by atoms with E-state index < -0.39 is 5.54 Å². The first-order valence-corrected chi connectivity index (χ1v) is 4.39. The van der Waals surface area contributed by atoms with E-state index in [4.69, 9.17) is 11.3 Å². The van der Waals surface area contributed by atoms with Crippen molar-refractivity contribution in [2.24, 2.45) is 0 Å². The van der Waals surface area contributed by atoms with Gasteiger partial charge >= 0.3 is 0 Å². The summed E-state index contributed by atoms with van der Waals surface area (Å²) in [6.07, 6.45) is 0.820. The third kappa shape index (κ3) is 1.32. The Morgan fingerprint density at radius 2 is 2.08 bits per heavy atom. The van der Waals surface area contributed by atoms with E-state index in [0.717, 1.165) is 12.0 Å². The van der Waals surface area contributed by atoms with Gasteiger partial charge in [0.15, 0.2) is 0 Å². The summed E-state index contributed by atoms with van der Waals surface area (Å²) in [5, 5.41) is 0. The van der Waals surface area contributed by atoms with Crippen LogP contribution >= 0.6 is 0 Å². The number of benzene rings is 1. The van der Waals surface area contributed by atoms with Crippen LogP contribution in [0.3, 0.4) is 0 Å². The quantitative estimate of drug-likeness (QED) is 0.594. The Balaban J connectivity index is 2.38. The van der Waals surface area contributed by atoms with Gasteiger partial charge < -0.3 is 9.58 Å². The van der Waals surface area contributed by atoms with E-state index >= 15 is 0 Å². The molecule has 1 unspecified atom stereocenters. The Bertz CT molecular complexity index is 320. The fourth-order valence-corrected chi connectivity index (χ4v) is 1.68. The molecule has 1 aromatic carbocycles. The number of nitrogens with zero attached hydrogens (tertiary/aromatic N) is 1. The molecule has 1 aromatic rings. The minimum absolute atomic E-state index is 0.402. The van der Waals surface area contributed by atoms with Crippen molar-refractivity contribution in [1.82, 2.24) is 0 Å². The Morgan fingerprint density at radius 1 is 1.31 bits per heavy atom. The van der Waals surface area contributed by atoms with Crippen molar-refractivity contribution in [2.75, 3.05) is 13.2 Å². The molecule has 1 heterocycles. The van der Waals surface area contributed by atoms with Crippen LogP contribution in [-0.4, -0.2) is 13.2 Å². The Morgan fingerprint density at radius 3 is 2.62 bits per heavy atom. The summed E-state index contributed by atoms with van der Waals surface area (Å²) in [5.74, 6) is 0. The van der Waals surface area contributed by atoms with Crippen LogP contribution in [0.1, 0.15) is 12.0 Å². The predicted molar refractivity (Wildman–Crippen MR) is 50.2 cm³/mol. The van der Waals surface area contributed by atoms with Crippen LogP contribution in [0.15, 0.2) is 30.3 Å². The van der Waals surface area contributed by atoms with E-state index in [9.17, 15) is 0 Å². The van der Waals surface area contributed by atoms with E-state index in [1.165, 1.54) is 0 Å². The molecule has 66 valence electrons. The smallest absolute Gasteiger partial charge is 0.282 e. The van der Waals surface area contributed by atoms with Gasteiger partial charge in [-0.15, -0.1) is 0 Å².